The Morgan fingerprint density at radius 2 is 1.83 bits per heavy atom. The molecule has 8 heteroatoms. The van der Waals surface area contributed by atoms with E-state index in [2.05, 4.69) is 4.98 Å². The zero-order chi connectivity index (χ0) is 20.7. The van der Waals surface area contributed by atoms with Crippen molar-refractivity contribution in [2.75, 3.05) is 0 Å². The Morgan fingerprint density at radius 3 is 2.48 bits per heavy atom. The van der Waals surface area contributed by atoms with Gasteiger partial charge in [-0.25, -0.2) is 9.78 Å². The van der Waals surface area contributed by atoms with Crippen molar-refractivity contribution in [3.8, 4) is 0 Å². The summed E-state index contributed by atoms with van der Waals surface area (Å²) >= 11 is 0. The summed E-state index contributed by atoms with van der Waals surface area (Å²) in [5.41, 5.74) is 1.39. The summed E-state index contributed by atoms with van der Waals surface area (Å²) in [6.45, 7) is 3.14. The van der Waals surface area contributed by atoms with Crippen LogP contribution in [0, 0.1) is 18.8 Å². The summed E-state index contributed by atoms with van der Waals surface area (Å²) < 4.78 is 6.69. The molecule has 0 aromatic carbocycles. The fourth-order valence-electron chi connectivity index (χ4n) is 3.91. The summed E-state index contributed by atoms with van der Waals surface area (Å²) in [7, 11) is 0. The molecule has 2 aromatic rings. The number of nitrogens with zero attached hydrogens (tertiary/aromatic N) is 3. The van der Waals surface area contributed by atoms with Crippen molar-refractivity contribution < 1.29 is 19.1 Å². The first-order valence-electron chi connectivity index (χ1n) is 9.54. The molecular weight excluding hydrogens is 374 g/mol. The van der Waals surface area contributed by atoms with E-state index in [0.29, 0.717) is 24.2 Å². The largest absolute Gasteiger partial charge is 0.458 e. The van der Waals surface area contributed by atoms with E-state index in [1.165, 1.54) is 17.4 Å². The van der Waals surface area contributed by atoms with Gasteiger partial charge in [-0.2, -0.15) is 0 Å². The Labute approximate surface area is 166 Å². The first-order chi connectivity index (χ1) is 13.9. The Hall–Kier alpha value is -3.29. The number of rotatable bonds is 4. The molecule has 1 saturated heterocycles. The maximum Gasteiger partial charge on any atom is 0.329 e. The van der Waals surface area contributed by atoms with Gasteiger partial charge in [0.25, 0.3) is 5.56 Å². The average molecular weight is 395 g/mol. The molecule has 0 saturated carbocycles. The van der Waals surface area contributed by atoms with Gasteiger partial charge in [-0.05, 0) is 38.3 Å². The predicted molar refractivity (Wildman–Crippen MR) is 103 cm³/mol. The van der Waals surface area contributed by atoms with Crippen LogP contribution in [0.4, 0.5) is 0 Å². The highest BCUT2D eigenvalue weighted by Crippen LogP contribution is 2.36. The minimum atomic E-state index is -1.02. The highest BCUT2D eigenvalue weighted by Gasteiger charge is 2.50. The van der Waals surface area contributed by atoms with Gasteiger partial charge in [-0.3, -0.25) is 23.7 Å². The molecule has 3 heterocycles. The highest BCUT2D eigenvalue weighted by molar-refractivity contribution is 6.08. The van der Waals surface area contributed by atoms with Crippen LogP contribution in [0.2, 0.25) is 0 Å². The van der Waals surface area contributed by atoms with Crippen molar-refractivity contribution in [3.05, 3.63) is 58.2 Å². The summed E-state index contributed by atoms with van der Waals surface area (Å²) in [6, 6.07) is 3.82. The number of carbonyl (C=O) groups is 3. The molecule has 1 aliphatic heterocycles. The smallest absolute Gasteiger partial charge is 0.329 e. The van der Waals surface area contributed by atoms with Crippen LogP contribution < -0.4 is 5.56 Å². The molecule has 29 heavy (non-hydrogen) atoms. The third kappa shape index (κ3) is 3.35. The Balaban J connectivity index is 1.47. The monoisotopic (exact) mass is 395 g/mol. The van der Waals surface area contributed by atoms with Crippen molar-refractivity contribution in [2.45, 2.75) is 39.3 Å². The standard InChI is InChI=1S/C21H21N3O5/c1-12-7-8-17-22-14(9-18(25)23(17)10-12)11-29-21(28)13(2)24-19(26)15-5-3-4-6-16(15)20(24)27/h3-4,7-10,13,15-16H,5-6,11H2,1-2H3/t13-,15-,16-/m0/s1. The molecule has 0 radical (unpaired) electrons. The number of likely N-dealkylation sites (tertiary alicyclic amines) is 1. The van der Waals surface area contributed by atoms with Crippen LogP contribution in [-0.2, 0) is 25.7 Å². The lowest BCUT2D eigenvalue weighted by Crippen LogP contribution is -2.44. The third-order valence-corrected chi connectivity index (χ3v) is 5.49. The van der Waals surface area contributed by atoms with E-state index in [0.717, 1.165) is 10.5 Å². The molecule has 1 fully saturated rings. The number of ether oxygens (including phenoxy) is 1. The van der Waals surface area contributed by atoms with E-state index in [9.17, 15) is 19.2 Å². The maximum absolute atomic E-state index is 12.6. The molecule has 0 spiro atoms. The van der Waals surface area contributed by atoms with E-state index in [-0.39, 0.29) is 24.0 Å². The van der Waals surface area contributed by atoms with E-state index in [4.69, 9.17) is 4.74 Å². The van der Waals surface area contributed by atoms with E-state index in [1.807, 2.05) is 25.1 Å². The normalized spacial score (nSPS) is 22.1. The zero-order valence-corrected chi connectivity index (χ0v) is 16.2. The number of aromatic nitrogens is 2. The van der Waals surface area contributed by atoms with Gasteiger partial charge in [0.05, 0.1) is 17.5 Å². The Kier molecular flexibility index (Phi) is 4.77. The van der Waals surface area contributed by atoms with Crippen LogP contribution in [0.3, 0.4) is 0 Å². The molecular formula is C21H21N3O5. The molecule has 8 nitrogen and oxygen atoms in total. The van der Waals surface area contributed by atoms with E-state index < -0.39 is 23.8 Å². The molecule has 2 aliphatic rings. The number of hydrogen-bond donors (Lipinski definition) is 0. The van der Waals surface area contributed by atoms with Crippen molar-refractivity contribution in [2.24, 2.45) is 11.8 Å². The van der Waals surface area contributed by atoms with Gasteiger partial charge >= 0.3 is 5.97 Å². The van der Waals surface area contributed by atoms with Crippen LogP contribution in [0.15, 0.2) is 41.3 Å². The van der Waals surface area contributed by atoms with Gasteiger partial charge in [-0.15, -0.1) is 0 Å². The SMILES string of the molecule is Cc1ccc2nc(COC(=O)[C@H](C)N3C(=O)[C@H]4CC=CC[C@@H]4C3=O)cc(=O)n2c1. The number of allylic oxidation sites excluding steroid dienone is 2. The van der Waals surface area contributed by atoms with Crippen molar-refractivity contribution in [3.63, 3.8) is 0 Å². The van der Waals surface area contributed by atoms with Crippen LogP contribution in [0.1, 0.15) is 31.0 Å². The predicted octanol–water partition coefficient (Wildman–Crippen LogP) is 1.39. The number of carbonyl (C=O) groups excluding carboxylic acids is 3. The van der Waals surface area contributed by atoms with Crippen LogP contribution >= 0.6 is 0 Å². The lowest BCUT2D eigenvalue weighted by atomic mass is 9.85. The number of amides is 2. The van der Waals surface area contributed by atoms with Crippen LogP contribution in [-0.4, -0.2) is 38.1 Å². The number of imide groups is 1. The van der Waals surface area contributed by atoms with Gasteiger partial charge in [0, 0.05) is 12.3 Å². The van der Waals surface area contributed by atoms with Gasteiger partial charge in [0.2, 0.25) is 11.8 Å². The molecule has 0 unspecified atom stereocenters. The number of esters is 1. The van der Waals surface area contributed by atoms with Gasteiger partial charge in [0.1, 0.15) is 18.3 Å². The fourth-order valence-corrected chi connectivity index (χ4v) is 3.91. The molecule has 3 atom stereocenters. The molecule has 2 aromatic heterocycles. The van der Waals surface area contributed by atoms with E-state index in [1.54, 1.807) is 12.3 Å². The molecule has 4 rings (SSSR count). The molecule has 0 N–H and O–H groups in total. The fraction of sp³-hybridized carbons (Fsp3) is 0.381. The van der Waals surface area contributed by atoms with Crippen LogP contribution in [0.25, 0.3) is 5.65 Å². The number of fused-ring (bicyclic) bond motifs is 2. The van der Waals surface area contributed by atoms with Crippen molar-refractivity contribution >= 4 is 23.4 Å². The second-order valence-corrected chi connectivity index (χ2v) is 7.51. The van der Waals surface area contributed by atoms with Gasteiger partial charge < -0.3 is 4.74 Å². The lowest BCUT2D eigenvalue weighted by molar-refractivity contribution is -0.159. The first-order valence-corrected chi connectivity index (χ1v) is 9.54. The second-order valence-electron chi connectivity index (χ2n) is 7.51. The highest BCUT2D eigenvalue weighted by atomic mass is 16.5. The second kappa shape index (κ2) is 7.27. The minimum absolute atomic E-state index is 0.215. The summed E-state index contributed by atoms with van der Waals surface area (Å²) in [4.78, 5) is 55.3. The molecule has 0 bridgehead atoms. The molecule has 150 valence electrons. The lowest BCUT2D eigenvalue weighted by Gasteiger charge is -2.21. The molecule has 2 amide bonds. The number of aryl methyl sites for hydroxylation is 1. The maximum atomic E-state index is 12.6. The Morgan fingerprint density at radius 1 is 1.17 bits per heavy atom. The van der Waals surface area contributed by atoms with Crippen LogP contribution in [0.5, 0.6) is 0 Å². The topological polar surface area (TPSA) is 98.0 Å². The number of hydrogen-bond acceptors (Lipinski definition) is 6. The van der Waals surface area contributed by atoms with Gasteiger partial charge in [0.15, 0.2) is 0 Å². The average Bonchev–Trinajstić information content (AvgIpc) is 2.97. The quantitative estimate of drug-likeness (QED) is 0.441. The van der Waals surface area contributed by atoms with Gasteiger partial charge in [-0.1, -0.05) is 18.2 Å². The summed E-state index contributed by atoms with van der Waals surface area (Å²) in [5, 5.41) is 0. The van der Waals surface area contributed by atoms with Crippen molar-refractivity contribution in [1.82, 2.24) is 14.3 Å². The summed E-state index contributed by atoms with van der Waals surface area (Å²) in [6.07, 6.45) is 6.49. The minimum Gasteiger partial charge on any atom is -0.458 e. The zero-order valence-electron chi connectivity index (χ0n) is 16.2. The number of pyridine rings is 1. The Bertz CT molecular complexity index is 1080. The third-order valence-electron chi connectivity index (χ3n) is 5.49. The van der Waals surface area contributed by atoms with Crippen molar-refractivity contribution in [1.29, 1.82) is 0 Å². The van der Waals surface area contributed by atoms with E-state index >= 15 is 0 Å². The molecule has 1 aliphatic carbocycles. The summed E-state index contributed by atoms with van der Waals surface area (Å²) in [5.74, 6) is -2.15. The first kappa shape index (κ1) is 19.0.